The van der Waals surface area contributed by atoms with E-state index in [-0.39, 0.29) is 0 Å². The fraction of sp³-hybridized carbons (Fsp3) is 0.0882. The van der Waals surface area contributed by atoms with Crippen LogP contribution in [0, 0.1) is 0 Å². The van der Waals surface area contributed by atoms with Crippen molar-refractivity contribution in [2.75, 3.05) is 7.11 Å². The van der Waals surface area contributed by atoms with Crippen molar-refractivity contribution in [3.05, 3.63) is 132 Å². The lowest BCUT2D eigenvalue weighted by Gasteiger charge is -2.11. The number of carbonyl (C=O) groups is 1. The van der Waals surface area contributed by atoms with Gasteiger partial charge in [-0.15, -0.1) is 0 Å². The van der Waals surface area contributed by atoms with E-state index in [1.54, 1.807) is 13.2 Å². The largest absolute Gasteiger partial charge is 0.497 e. The van der Waals surface area contributed by atoms with Crippen LogP contribution in [-0.4, -0.2) is 17.6 Å². The van der Waals surface area contributed by atoms with Gasteiger partial charge in [0.25, 0.3) is 0 Å². The molecule has 39 heavy (non-hydrogen) atoms. The van der Waals surface area contributed by atoms with Gasteiger partial charge in [-0.1, -0.05) is 72.8 Å². The van der Waals surface area contributed by atoms with Crippen LogP contribution in [0.25, 0.3) is 32.9 Å². The number of amides is 1. The predicted octanol–water partition coefficient (Wildman–Crippen LogP) is 7.20. The molecule has 0 unspecified atom stereocenters. The van der Waals surface area contributed by atoms with E-state index in [0.717, 1.165) is 55.6 Å². The Morgan fingerprint density at radius 2 is 1.44 bits per heavy atom. The topological polar surface area (TPSA) is 66.5 Å². The van der Waals surface area contributed by atoms with Crippen molar-refractivity contribution >= 4 is 27.7 Å². The third kappa shape index (κ3) is 4.82. The van der Waals surface area contributed by atoms with E-state index in [1.807, 2.05) is 54.6 Å². The average molecular weight is 513 g/mol. The van der Waals surface area contributed by atoms with Crippen LogP contribution in [0.3, 0.4) is 0 Å². The highest BCUT2D eigenvalue weighted by Crippen LogP contribution is 2.35. The molecule has 0 spiro atoms. The van der Waals surface area contributed by atoms with Gasteiger partial charge in [0, 0.05) is 22.9 Å². The maximum Gasteiger partial charge on any atom is 0.249 e. The molecule has 192 valence electrons. The van der Waals surface area contributed by atoms with Gasteiger partial charge in [-0.2, -0.15) is 0 Å². The highest BCUT2D eigenvalue weighted by Gasteiger charge is 2.17. The number of methoxy groups -OCH3 is 1. The minimum absolute atomic E-state index is 0.432. The van der Waals surface area contributed by atoms with Crippen LogP contribution in [0.4, 0.5) is 0 Å². The van der Waals surface area contributed by atoms with Gasteiger partial charge in [-0.05, 0) is 64.7 Å². The second-order valence-electron chi connectivity index (χ2n) is 9.53. The van der Waals surface area contributed by atoms with E-state index in [2.05, 4.69) is 59.2 Å². The zero-order valence-corrected chi connectivity index (χ0v) is 21.6. The number of aromatic nitrogens is 1. The summed E-state index contributed by atoms with van der Waals surface area (Å²) in [6.45, 7) is 1.16. The van der Waals surface area contributed by atoms with E-state index < -0.39 is 5.91 Å². The summed E-state index contributed by atoms with van der Waals surface area (Å²) in [4.78, 5) is 12.4. The van der Waals surface area contributed by atoms with Gasteiger partial charge in [-0.3, -0.25) is 4.79 Å². The van der Waals surface area contributed by atoms with Crippen molar-refractivity contribution in [3.8, 4) is 22.6 Å². The van der Waals surface area contributed by atoms with Crippen LogP contribution in [0.1, 0.15) is 21.5 Å². The predicted molar refractivity (Wildman–Crippen MR) is 156 cm³/mol. The van der Waals surface area contributed by atoms with Crippen LogP contribution in [-0.2, 0) is 13.2 Å². The third-order valence-electron chi connectivity index (χ3n) is 7.09. The molecule has 5 nitrogen and oxygen atoms in total. The van der Waals surface area contributed by atoms with Crippen LogP contribution in [0.5, 0.6) is 11.5 Å². The van der Waals surface area contributed by atoms with E-state index in [9.17, 15) is 4.79 Å². The van der Waals surface area contributed by atoms with Gasteiger partial charge in [-0.25, -0.2) is 0 Å². The van der Waals surface area contributed by atoms with Gasteiger partial charge in [0.2, 0.25) is 5.91 Å². The summed E-state index contributed by atoms with van der Waals surface area (Å²) in [5.74, 6) is 1.21. The Hall–Kier alpha value is -5.03. The summed E-state index contributed by atoms with van der Waals surface area (Å²) in [6, 6.07) is 38.4. The lowest BCUT2D eigenvalue weighted by molar-refractivity contribution is 0.100. The van der Waals surface area contributed by atoms with E-state index >= 15 is 0 Å². The molecule has 0 saturated heterocycles. The Bertz CT molecular complexity index is 1770. The number of nitrogens with two attached hydrogens (primary N) is 1. The van der Waals surface area contributed by atoms with Gasteiger partial charge < -0.3 is 19.8 Å². The molecule has 1 aromatic heterocycles. The smallest absolute Gasteiger partial charge is 0.249 e. The molecule has 0 saturated carbocycles. The standard InChI is InChI=1S/C34H28N2O3/c1-38-27-17-12-25(13-18-27)26-14-19-29-32(20-26)36(31-9-5-8-30(33(29)31)34(35)37)21-23-10-15-28(16-11-23)39-22-24-6-3-2-4-7-24/h2-20H,21-22H2,1H3,(H2,35,37). The molecule has 5 aromatic carbocycles. The van der Waals surface area contributed by atoms with E-state index in [4.69, 9.17) is 15.2 Å². The number of benzene rings is 5. The van der Waals surface area contributed by atoms with Crippen LogP contribution in [0.15, 0.2) is 115 Å². The van der Waals surface area contributed by atoms with Crippen molar-refractivity contribution in [2.24, 2.45) is 5.73 Å². The highest BCUT2D eigenvalue weighted by molar-refractivity contribution is 6.18. The number of nitrogens with zero attached hydrogens (tertiary/aromatic N) is 1. The Balaban J connectivity index is 1.39. The van der Waals surface area contributed by atoms with Gasteiger partial charge >= 0.3 is 0 Å². The summed E-state index contributed by atoms with van der Waals surface area (Å²) in [5.41, 5.74) is 12.8. The Labute approximate surface area is 227 Å². The maximum atomic E-state index is 12.4. The molecule has 1 amide bonds. The Kier molecular flexibility index (Phi) is 6.47. The molecule has 0 bridgehead atoms. The fourth-order valence-electron chi connectivity index (χ4n) is 5.10. The number of rotatable bonds is 8. The summed E-state index contributed by atoms with van der Waals surface area (Å²) < 4.78 is 13.6. The quantitative estimate of drug-likeness (QED) is 0.235. The molecule has 6 aromatic rings. The number of hydrogen-bond acceptors (Lipinski definition) is 3. The van der Waals surface area contributed by atoms with E-state index in [0.29, 0.717) is 18.7 Å². The average Bonchev–Trinajstić information content (AvgIpc) is 3.30. The molecule has 0 fully saturated rings. The molecule has 1 heterocycles. The molecule has 6 rings (SSSR count). The monoisotopic (exact) mass is 512 g/mol. The fourth-order valence-corrected chi connectivity index (χ4v) is 5.10. The molecule has 0 aliphatic carbocycles. The second-order valence-corrected chi connectivity index (χ2v) is 9.53. The molecule has 5 heteroatoms. The first kappa shape index (κ1) is 24.3. The Morgan fingerprint density at radius 1 is 0.718 bits per heavy atom. The summed E-state index contributed by atoms with van der Waals surface area (Å²) >= 11 is 0. The van der Waals surface area contributed by atoms with Crippen LogP contribution >= 0.6 is 0 Å². The number of fused-ring (bicyclic) bond motifs is 3. The van der Waals surface area contributed by atoms with Gasteiger partial charge in [0.05, 0.1) is 18.1 Å². The van der Waals surface area contributed by atoms with Crippen molar-refractivity contribution < 1.29 is 14.3 Å². The first-order valence-electron chi connectivity index (χ1n) is 12.9. The number of hydrogen-bond donors (Lipinski definition) is 1. The number of carbonyl (C=O) groups excluding carboxylic acids is 1. The highest BCUT2D eigenvalue weighted by atomic mass is 16.5. The number of ether oxygens (including phenoxy) is 2. The summed E-state index contributed by atoms with van der Waals surface area (Å²) in [5, 5.41) is 1.88. The molecular weight excluding hydrogens is 484 g/mol. The van der Waals surface area contributed by atoms with Crippen LogP contribution in [0.2, 0.25) is 0 Å². The lowest BCUT2D eigenvalue weighted by Crippen LogP contribution is -2.11. The van der Waals surface area contributed by atoms with Gasteiger partial charge in [0.1, 0.15) is 18.1 Å². The molecule has 0 radical (unpaired) electrons. The minimum Gasteiger partial charge on any atom is -0.497 e. The van der Waals surface area contributed by atoms with Crippen LogP contribution < -0.4 is 15.2 Å². The first-order valence-corrected chi connectivity index (χ1v) is 12.9. The van der Waals surface area contributed by atoms with Crippen molar-refractivity contribution in [3.63, 3.8) is 0 Å². The number of primary amides is 1. The van der Waals surface area contributed by atoms with Crippen molar-refractivity contribution in [1.29, 1.82) is 0 Å². The third-order valence-corrected chi connectivity index (χ3v) is 7.09. The summed E-state index contributed by atoms with van der Waals surface area (Å²) in [6.07, 6.45) is 0. The van der Waals surface area contributed by atoms with Gasteiger partial charge in [0.15, 0.2) is 0 Å². The molecule has 0 atom stereocenters. The summed E-state index contributed by atoms with van der Waals surface area (Å²) in [7, 11) is 1.66. The SMILES string of the molecule is COc1ccc(-c2ccc3c4c(C(N)=O)cccc4n(Cc4ccc(OCc5ccccc5)cc4)c3c2)cc1. The molecule has 2 N–H and O–H groups in total. The lowest BCUT2D eigenvalue weighted by atomic mass is 10.0. The van der Waals surface area contributed by atoms with Crippen molar-refractivity contribution in [1.82, 2.24) is 4.57 Å². The zero-order valence-electron chi connectivity index (χ0n) is 21.6. The second kappa shape index (κ2) is 10.4. The van der Waals surface area contributed by atoms with Crippen molar-refractivity contribution in [2.45, 2.75) is 13.2 Å². The Morgan fingerprint density at radius 3 is 2.15 bits per heavy atom. The molecule has 0 aliphatic rings. The minimum atomic E-state index is -0.432. The zero-order chi connectivity index (χ0) is 26.8. The maximum absolute atomic E-state index is 12.4. The molecular formula is C34H28N2O3. The molecule has 0 aliphatic heterocycles. The van der Waals surface area contributed by atoms with E-state index in [1.165, 1.54) is 0 Å². The first-order chi connectivity index (χ1) is 19.1. The normalized spacial score (nSPS) is 11.1.